The average molecular weight is 245 g/mol. The van der Waals surface area contributed by atoms with Crippen LogP contribution in [0.2, 0.25) is 0 Å². The number of hydrogen-bond acceptors (Lipinski definition) is 3. The first-order valence-electron chi connectivity index (χ1n) is 6.00. The molecule has 1 atom stereocenters. The van der Waals surface area contributed by atoms with Crippen LogP contribution < -0.4 is 10.5 Å². The van der Waals surface area contributed by atoms with Crippen LogP contribution in [0.4, 0.5) is 0 Å². The summed E-state index contributed by atoms with van der Waals surface area (Å²) < 4.78 is 10.9. The van der Waals surface area contributed by atoms with Crippen molar-refractivity contribution in [1.29, 1.82) is 0 Å². The predicted molar refractivity (Wildman–Crippen MR) is 71.9 cm³/mol. The number of benzene rings is 1. The number of furan rings is 1. The zero-order valence-corrected chi connectivity index (χ0v) is 11.3. The molecule has 0 fully saturated rings. The third kappa shape index (κ3) is 2.27. The summed E-state index contributed by atoms with van der Waals surface area (Å²) in [6, 6.07) is 7.79. The third-order valence-corrected chi connectivity index (χ3v) is 3.13. The molecule has 0 saturated heterocycles. The van der Waals surface area contributed by atoms with E-state index in [1.807, 2.05) is 39.0 Å². The van der Waals surface area contributed by atoms with Gasteiger partial charge < -0.3 is 14.9 Å². The van der Waals surface area contributed by atoms with Gasteiger partial charge in [0.25, 0.3) is 0 Å². The molecular weight excluding hydrogens is 226 g/mol. The second-order valence-corrected chi connectivity index (χ2v) is 4.59. The Morgan fingerprint density at radius 2 is 1.83 bits per heavy atom. The van der Waals surface area contributed by atoms with Crippen molar-refractivity contribution in [2.45, 2.75) is 26.8 Å². The van der Waals surface area contributed by atoms with Crippen LogP contribution in [0, 0.1) is 20.8 Å². The molecule has 96 valence electrons. The lowest BCUT2D eigenvalue weighted by Gasteiger charge is -2.16. The highest BCUT2D eigenvalue weighted by atomic mass is 16.5. The topological polar surface area (TPSA) is 48.4 Å². The van der Waals surface area contributed by atoms with E-state index in [9.17, 15) is 0 Å². The molecule has 1 heterocycles. The zero-order valence-electron chi connectivity index (χ0n) is 11.3. The van der Waals surface area contributed by atoms with Crippen LogP contribution in [0.25, 0.3) is 0 Å². The second-order valence-electron chi connectivity index (χ2n) is 4.59. The molecule has 2 aromatic rings. The number of aryl methyl sites for hydroxylation is 3. The molecule has 0 saturated carbocycles. The molecule has 3 heteroatoms. The lowest BCUT2D eigenvalue weighted by atomic mass is 9.97. The largest absolute Gasteiger partial charge is 0.496 e. The molecule has 0 bridgehead atoms. The summed E-state index contributed by atoms with van der Waals surface area (Å²) in [7, 11) is 1.66. The molecule has 2 N–H and O–H groups in total. The van der Waals surface area contributed by atoms with Gasteiger partial charge in [0.05, 0.1) is 13.2 Å². The second kappa shape index (κ2) is 4.86. The van der Waals surface area contributed by atoms with Crippen molar-refractivity contribution in [3.8, 4) is 5.75 Å². The van der Waals surface area contributed by atoms with E-state index < -0.39 is 0 Å². The number of ether oxygens (including phenoxy) is 1. The number of rotatable bonds is 3. The monoisotopic (exact) mass is 245 g/mol. The van der Waals surface area contributed by atoms with Crippen LogP contribution in [-0.2, 0) is 0 Å². The Hall–Kier alpha value is -1.74. The fourth-order valence-electron chi connectivity index (χ4n) is 2.22. The molecule has 2 rings (SSSR count). The van der Waals surface area contributed by atoms with Gasteiger partial charge >= 0.3 is 0 Å². The molecule has 1 aromatic heterocycles. The van der Waals surface area contributed by atoms with Gasteiger partial charge in [-0.25, -0.2) is 0 Å². The quantitative estimate of drug-likeness (QED) is 0.902. The first kappa shape index (κ1) is 12.7. The average Bonchev–Trinajstić information content (AvgIpc) is 2.67. The highest BCUT2D eigenvalue weighted by Gasteiger charge is 2.18. The molecule has 1 aromatic carbocycles. The van der Waals surface area contributed by atoms with E-state index in [1.165, 1.54) is 5.56 Å². The highest BCUT2D eigenvalue weighted by Crippen LogP contribution is 2.31. The molecule has 0 spiro atoms. The van der Waals surface area contributed by atoms with Crippen molar-refractivity contribution in [3.63, 3.8) is 0 Å². The molecule has 0 radical (unpaired) electrons. The summed E-state index contributed by atoms with van der Waals surface area (Å²) in [5.41, 5.74) is 9.50. The fraction of sp³-hybridized carbons (Fsp3) is 0.333. The van der Waals surface area contributed by atoms with Crippen molar-refractivity contribution < 1.29 is 9.15 Å². The Morgan fingerprint density at radius 3 is 2.39 bits per heavy atom. The van der Waals surface area contributed by atoms with Gasteiger partial charge in [0.1, 0.15) is 17.3 Å². The normalized spacial score (nSPS) is 12.5. The lowest BCUT2D eigenvalue weighted by Crippen LogP contribution is -2.13. The van der Waals surface area contributed by atoms with Gasteiger partial charge in [0.15, 0.2) is 0 Å². The minimum absolute atomic E-state index is 0.225. The van der Waals surface area contributed by atoms with E-state index in [0.29, 0.717) is 0 Å². The minimum Gasteiger partial charge on any atom is -0.496 e. The SMILES string of the molecule is COc1ccc(C)cc1C(N)c1cc(C)oc1C. The molecule has 3 nitrogen and oxygen atoms in total. The van der Waals surface area contributed by atoms with Gasteiger partial charge in [-0.1, -0.05) is 17.7 Å². The smallest absolute Gasteiger partial charge is 0.123 e. The third-order valence-electron chi connectivity index (χ3n) is 3.13. The fourth-order valence-corrected chi connectivity index (χ4v) is 2.22. The summed E-state index contributed by atoms with van der Waals surface area (Å²) >= 11 is 0. The standard InChI is InChI=1S/C15H19NO2/c1-9-5-6-14(17-4)13(7-9)15(16)12-8-10(2)18-11(12)3/h5-8,15H,16H2,1-4H3. The van der Waals surface area contributed by atoms with Crippen molar-refractivity contribution in [2.75, 3.05) is 7.11 Å². The molecule has 18 heavy (non-hydrogen) atoms. The van der Waals surface area contributed by atoms with Crippen LogP contribution in [0.3, 0.4) is 0 Å². The molecule has 0 aliphatic heterocycles. The van der Waals surface area contributed by atoms with Gasteiger partial charge in [-0.2, -0.15) is 0 Å². The van der Waals surface area contributed by atoms with Crippen LogP contribution in [-0.4, -0.2) is 7.11 Å². The van der Waals surface area contributed by atoms with E-state index in [-0.39, 0.29) is 6.04 Å². The van der Waals surface area contributed by atoms with Crippen LogP contribution in [0.1, 0.15) is 34.3 Å². The van der Waals surface area contributed by atoms with Gasteiger partial charge in [-0.05, 0) is 32.9 Å². The van der Waals surface area contributed by atoms with Crippen LogP contribution in [0.15, 0.2) is 28.7 Å². The maximum Gasteiger partial charge on any atom is 0.123 e. The van der Waals surface area contributed by atoms with E-state index >= 15 is 0 Å². The Bertz CT molecular complexity index is 558. The van der Waals surface area contributed by atoms with E-state index in [1.54, 1.807) is 7.11 Å². The van der Waals surface area contributed by atoms with E-state index in [2.05, 4.69) is 6.07 Å². The van der Waals surface area contributed by atoms with E-state index in [4.69, 9.17) is 14.9 Å². The molecule has 1 unspecified atom stereocenters. The molecule has 0 aliphatic rings. The highest BCUT2D eigenvalue weighted by molar-refractivity contribution is 5.44. The van der Waals surface area contributed by atoms with Gasteiger partial charge in [0, 0.05) is 11.1 Å². The number of nitrogens with two attached hydrogens (primary N) is 1. The zero-order chi connectivity index (χ0) is 13.3. The number of methoxy groups -OCH3 is 1. The maximum absolute atomic E-state index is 6.34. The minimum atomic E-state index is -0.225. The Morgan fingerprint density at radius 1 is 1.11 bits per heavy atom. The number of hydrogen-bond donors (Lipinski definition) is 1. The van der Waals surface area contributed by atoms with Crippen molar-refractivity contribution >= 4 is 0 Å². The summed E-state index contributed by atoms with van der Waals surface area (Å²) in [6.45, 7) is 5.91. The first-order chi connectivity index (χ1) is 8.52. The maximum atomic E-state index is 6.34. The summed E-state index contributed by atoms with van der Waals surface area (Å²) in [5, 5.41) is 0. The summed E-state index contributed by atoms with van der Waals surface area (Å²) in [5.74, 6) is 2.56. The Labute approximate surface area is 108 Å². The van der Waals surface area contributed by atoms with Crippen molar-refractivity contribution in [2.24, 2.45) is 5.73 Å². The predicted octanol–water partition coefficient (Wildman–Crippen LogP) is 3.26. The van der Waals surface area contributed by atoms with Gasteiger partial charge in [0.2, 0.25) is 0 Å². The Kier molecular flexibility index (Phi) is 3.43. The summed E-state index contributed by atoms with van der Waals surface area (Å²) in [6.07, 6.45) is 0. The molecule has 0 aliphatic carbocycles. The Balaban J connectivity index is 2.48. The summed E-state index contributed by atoms with van der Waals surface area (Å²) in [4.78, 5) is 0. The molecular formula is C15H19NO2. The van der Waals surface area contributed by atoms with Crippen molar-refractivity contribution in [3.05, 3.63) is 52.5 Å². The first-order valence-corrected chi connectivity index (χ1v) is 6.00. The van der Waals surface area contributed by atoms with E-state index in [0.717, 1.165) is 28.4 Å². The van der Waals surface area contributed by atoms with Gasteiger partial charge in [-0.15, -0.1) is 0 Å². The lowest BCUT2D eigenvalue weighted by molar-refractivity contribution is 0.407. The van der Waals surface area contributed by atoms with Crippen LogP contribution in [0.5, 0.6) is 5.75 Å². The van der Waals surface area contributed by atoms with Crippen LogP contribution >= 0.6 is 0 Å². The van der Waals surface area contributed by atoms with Gasteiger partial charge in [-0.3, -0.25) is 0 Å². The van der Waals surface area contributed by atoms with Crippen molar-refractivity contribution in [1.82, 2.24) is 0 Å². The molecule has 0 amide bonds.